The number of carbonyl (C=O) groups excluding carboxylic acids is 1. The second-order valence-electron chi connectivity index (χ2n) is 4.97. The molecule has 1 amide bonds. The zero-order valence-electron chi connectivity index (χ0n) is 13.6. The summed E-state index contributed by atoms with van der Waals surface area (Å²) in [5.41, 5.74) is 0.674. The molecule has 0 saturated carbocycles. The van der Waals surface area contributed by atoms with E-state index >= 15 is 0 Å². The molecule has 0 aromatic heterocycles. The van der Waals surface area contributed by atoms with Crippen molar-refractivity contribution in [2.75, 3.05) is 19.5 Å². The molecule has 2 aromatic carbocycles. The average Bonchev–Trinajstić information content (AvgIpc) is 2.60. The molecule has 0 saturated heterocycles. The van der Waals surface area contributed by atoms with Crippen LogP contribution in [-0.4, -0.2) is 36.3 Å². The first kappa shape index (κ1) is 17.9. The third kappa shape index (κ3) is 4.51. The van der Waals surface area contributed by atoms with Crippen molar-refractivity contribution in [1.29, 1.82) is 0 Å². The number of hydrogen-bond acceptors (Lipinski definition) is 5. The summed E-state index contributed by atoms with van der Waals surface area (Å²) in [4.78, 5) is 23.5. The number of carbonyl (C=O) groups is 2. The van der Waals surface area contributed by atoms with Gasteiger partial charge >= 0.3 is 5.97 Å². The van der Waals surface area contributed by atoms with Crippen molar-refractivity contribution in [2.45, 2.75) is 0 Å². The lowest BCUT2D eigenvalue weighted by molar-refractivity contribution is -0.111. The molecular formula is C18H17NO6. The molecule has 0 unspecified atom stereocenters. The maximum absolute atomic E-state index is 12.1. The number of anilines is 1. The number of nitrogens with one attached hydrogen (secondary N) is 1. The van der Waals surface area contributed by atoms with Crippen LogP contribution < -0.4 is 14.8 Å². The molecule has 3 N–H and O–H groups in total. The maximum Gasteiger partial charge on any atom is 0.337 e. The molecule has 0 bridgehead atoms. The number of rotatable bonds is 6. The second-order valence-corrected chi connectivity index (χ2v) is 4.97. The van der Waals surface area contributed by atoms with Crippen LogP contribution in [0.5, 0.6) is 17.2 Å². The molecule has 7 nitrogen and oxygen atoms in total. The van der Waals surface area contributed by atoms with Crippen LogP contribution in [0.1, 0.15) is 15.9 Å². The molecule has 0 spiro atoms. The van der Waals surface area contributed by atoms with Gasteiger partial charge in [0.1, 0.15) is 5.75 Å². The van der Waals surface area contributed by atoms with Gasteiger partial charge in [-0.1, -0.05) is 12.1 Å². The highest BCUT2D eigenvalue weighted by Crippen LogP contribution is 2.33. The lowest BCUT2D eigenvalue weighted by Gasteiger charge is -2.13. The fourth-order valence-electron chi connectivity index (χ4n) is 2.09. The Kier molecular flexibility index (Phi) is 5.62. The third-order valence-corrected chi connectivity index (χ3v) is 3.33. The lowest BCUT2D eigenvalue weighted by atomic mass is 10.1. The predicted molar refractivity (Wildman–Crippen MR) is 92.3 cm³/mol. The van der Waals surface area contributed by atoms with E-state index in [-0.39, 0.29) is 22.7 Å². The maximum atomic E-state index is 12.1. The van der Waals surface area contributed by atoms with E-state index < -0.39 is 11.9 Å². The van der Waals surface area contributed by atoms with E-state index in [2.05, 4.69) is 5.32 Å². The summed E-state index contributed by atoms with van der Waals surface area (Å²) >= 11 is 0. The SMILES string of the molecule is COc1cc(NC(=O)/C=C/c2ccc(O)cc2)c(C(=O)O)cc1OC. The smallest absolute Gasteiger partial charge is 0.337 e. The number of methoxy groups -OCH3 is 2. The van der Waals surface area contributed by atoms with E-state index in [0.29, 0.717) is 11.3 Å². The number of carboxylic acids is 1. The summed E-state index contributed by atoms with van der Waals surface area (Å²) in [7, 11) is 2.80. The number of aromatic hydroxyl groups is 1. The van der Waals surface area contributed by atoms with Crippen LogP contribution in [0.4, 0.5) is 5.69 Å². The summed E-state index contributed by atoms with van der Waals surface area (Å²) in [6, 6.07) is 8.92. The quantitative estimate of drug-likeness (QED) is 0.697. The van der Waals surface area contributed by atoms with Gasteiger partial charge in [-0.05, 0) is 23.8 Å². The van der Waals surface area contributed by atoms with Gasteiger partial charge in [0.2, 0.25) is 5.91 Å². The van der Waals surface area contributed by atoms with Crippen LogP contribution in [0, 0.1) is 0 Å². The Labute approximate surface area is 144 Å². The van der Waals surface area contributed by atoms with Gasteiger partial charge in [-0.3, -0.25) is 4.79 Å². The number of amides is 1. The Balaban J connectivity index is 2.24. The Morgan fingerprint density at radius 1 is 1.04 bits per heavy atom. The predicted octanol–water partition coefficient (Wildman–Crippen LogP) is 2.76. The minimum absolute atomic E-state index is 0.0884. The van der Waals surface area contributed by atoms with Gasteiger partial charge in [0.15, 0.2) is 11.5 Å². The number of benzene rings is 2. The lowest BCUT2D eigenvalue weighted by Crippen LogP contribution is -2.12. The molecule has 7 heteroatoms. The number of phenolic OH excluding ortho intramolecular Hbond substituents is 1. The minimum atomic E-state index is -1.21. The number of carboxylic acid groups (broad SMARTS) is 1. The van der Waals surface area contributed by atoms with Crippen molar-refractivity contribution in [1.82, 2.24) is 0 Å². The van der Waals surface area contributed by atoms with Gasteiger partial charge in [0, 0.05) is 18.2 Å². The van der Waals surface area contributed by atoms with Crippen LogP contribution in [0.25, 0.3) is 6.08 Å². The molecule has 2 aromatic rings. The minimum Gasteiger partial charge on any atom is -0.508 e. The Morgan fingerprint density at radius 3 is 2.20 bits per heavy atom. The van der Waals surface area contributed by atoms with E-state index in [1.54, 1.807) is 12.1 Å². The number of aromatic carboxylic acids is 1. The van der Waals surface area contributed by atoms with Crippen molar-refractivity contribution in [3.63, 3.8) is 0 Å². The summed E-state index contributed by atoms with van der Waals surface area (Å²) < 4.78 is 10.2. The van der Waals surface area contributed by atoms with Gasteiger partial charge in [-0.25, -0.2) is 4.79 Å². The van der Waals surface area contributed by atoms with E-state index in [1.807, 2.05) is 0 Å². The molecule has 0 fully saturated rings. The second kappa shape index (κ2) is 7.87. The van der Waals surface area contributed by atoms with E-state index in [9.17, 15) is 19.8 Å². The summed E-state index contributed by atoms with van der Waals surface area (Å²) in [6.07, 6.45) is 2.80. The number of ether oxygens (including phenoxy) is 2. The molecular weight excluding hydrogens is 326 g/mol. The van der Waals surface area contributed by atoms with E-state index in [1.165, 1.54) is 50.6 Å². The topological polar surface area (TPSA) is 105 Å². The number of hydrogen-bond donors (Lipinski definition) is 3. The number of phenols is 1. The van der Waals surface area contributed by atoms with Crippen LogP contribution in [-0.2, 0) is 4.79 Å². The molecule has 0 radical (unpaired) electrons. The van der Waals surface area contributed by atoms with Gasteiger partial charge < -0.3 is 25.0 Å². The molecule has 2 rings (SSSR count). The Morgan fingerprint density at radius 2 is 1.64 bits per heavy atom. The highest BCUT2D eigenvalue weighted by atomic mass is 16.5. The van der Waals surface area contributed by atoms with Crippen LogP contribution in [0.15, 0.2) is 42.5 Å². The standard InChI is InChI=1S/C18H17NO6/c1-24-15-9-13(18(22)23)14(10-16(15)25-2)19-17(21)8-5-11-3-6-12(20)7-4-11/h3-10,20H,1-2H3,(H,19,21)(H,22,23)/b8-5+. The van der Waals surface area contributed by atoms with Crippen LogP contribution >= 0.6 is 0 Å². The van der Waals surface area contributed by atoms with Crippen LogP contribution in [0.2, 0.25) is 0 Å². The summed E-state index contributed by atoms with van der Waals surface area (Å²) in [5.74, 6) is -1.05. The monoisotopic (exact) mass is 343 g/mol. The fraction of sp³-hybridized carbons (Fsp3) is 0.111. The van der Waals surface area contributed by atoms with E-state index in [0.717, 1.165) is 0 Å². The van der Waals surface area contributed by atoms with Crippen LogP contribution in [0.3, 0.4) is 0 Å². The highest BCUT2D eigenvalue weighted by molar-refractivity contribution is 6.06. The molecule has 25 heavy (non-hydrogen) atoms. The van der Waals surface area contributed by atoms with Crippen molar-refractivity contribution >= 4 is 23.6 Å². The first-order valence-electron chi connectivity index (χ1n) is 7.22. The molecule has 130 valence electrons. The third-order valence-electron chi connectivity index (χ3n) is 3.33. The van der Waals surface area contributed by atoms with Crippen molar-refractivity contribution in [2.24, 2.45) is 0 Å². The van der Waals surface area contributed by atoms with Gasteiger partial charge in [-0.15, -0.1) is 0 Å². The molecule has 0 atom stereocenters. The van der Waals surface area contributed by atoms with Gasteiger partial charge in [-0.2, -0.15) is 0 Å². The zero-order chi connectivity index (χ0) is 18.4. The summed E-state index contributed by atoms with van der Waals surface area (Å²) in [5, 5.41) is 21.0. The fourth-order valence-corrected chi connectivity index (χ4v) is 2.09. The largest absolute Gasteiger partial charge is 0.508 e. The first-order chi connectivity index (χ1) is 11.9. The molecule has 0 aliphatic carbocycles. The molecule has 0 heterocycles. The van der Waals surface area contributed by atoms with Crippen molar-refractivity contribution < 1.29 is 29.3 Å². The van der Waals surface area contributed by atoms with Gasteiger partial charge in [0.05, 0.1) is 25.5 Å². The zero-order valence-corrected chi connectivity index (χ0v) is 13.6. The average molecular weight is 343 g/mol. The first-order valence-corrected chi connectivity index (χ1v) is 7.22. The van der Waals surface area contributed by atoms with E-state index in [4.69, 9.17) is 9.47 Å². The Bertz CT molecular complexity index is 811. The Hall–Kier alpha value is -3.48. The van der Waals surface area contributed by atoms with Crippen molar-refractivity contribution in [3.8, 4) is 17.2 Å². The molecule has 0 aliphatic heterocycles. The normalized spacial score (nSPS) is 10.5. The summed E-state index contributed by atoms with van der Waals surface area (Å²) in [6.45, 7) is 0. The molecule has 0 aliphatic rings. The van der Waals surface area contributed by atoms with Gasteiger partial charge in [0.25, 0.3) is 0 Å². The van der Waals surface area contributed by atoms with Crippen molar-refractivity contribution in [3.05, 3.63) is 53.6 Å². The highest BCUT2D eigenvalue weighted by Gasteiger charge is 2.17.